The maximum Gasteiger partial charge on any atom is 0.271 e. The fraction of sp³-hybridized carbons (Fsp3) is 0.429. The SMILES string of the molecule is Cc1ccc(OCC(O)CN2CCN(NC(=O)c3cn(C4CCC4)c4cc(Cl)c(F)cc4c3=O)CC2)cc1F. The third kappa shape index (κ3) is 6.09. The van der Waals surface area contributed by atoms with Crippen LogP contribution in [0.2, 0.25) is 5.02 Å². The van der Waals surface area contributed by atoms with Gasteiger partial charge in [0.2, 0.25) is 5.43 Å². The summed E-state index contributed by atoms with van der Waals surface area (Å²) in [6, 6.07) is 7.27. The van der Waals surface area contributed by atoms with Gasteiger partial charge in [-0.05, 0) is 49.9 Å². The number of hydrogen-bond acceptors (Lipinski definition) is 6. The summed E-state index contributed by atoms with van der Waals surface area (Å²) >= 11 is 5.99. The fourth-order valence-electron chi connectivity index (χ4n) is 4.93. The zero-order valence-electron chi connectivity index (χ0n) is 21.6. The molecule has 2 heterocycles. The van der Waals surface area contributed by atoms with Crippen LogP contribution in [0.3, 0.4) is 0 Å². The molecule has 2 N–H and O–H groups in total. The summed E-state index contributed by atoms with van der Waals surface area (Å²) in [5, 5.41) is 12.2. The highest BCUT2D eigenvalue weighted by Crippen LogP contribution is 2.34. The molecule has 1 aliphatic carbocycles. The first kappa shape index (κ1) is 27.5. The number of carbonyl (C=O) groups excluding carboxylic acids is 1. The van der Waals surface area contributed by atoms with Crippen molar-refractivity contribution in [3.8, 4) is 5.75 Å². The topological polar surface area (TPSA) is 87.0 Å². The molecule has 39 heavy (non-hydrogen) atoms. The Kier molecular flexibility index (Phi) is 8.18. The number of ether oxygens (including phenoxy) is 1. The second-order valence-corrected chi connectivity index (χ2v) is 10.7. The van der Waals surface area contributed by atoms with Crippen molar-refractivity contribution in [2.45, 2.75) is 38.3 Å². The van der Waals surface area contributed by atoms with Gasteiger partial charge in [0, 0.05) is 56.4 Å². The number of rotatable bonds is 8. The van der Waals surface area contributed by atoms with E-state index in [1.165, 1.54) is 12.1 Å². The van der Waals surface area contributed by atoms with Crippen molar-refractivity contribution in [2.24, 2.45) is 0 Å². The predicted molar refractivity (Wildman–Crippen MR) is 144 cm³/mol. The predicted octanol–water partition coefficient (Wildman–Crippen LogP) is 3.67. The van der Waals surface area contributed by atoms with E-state index in [1.807, 2.05) is 9.47 Å². The molecule has 1 amide bonds. The Bertz CT molecular complexity index is 1440. The van der Waals surface area contributed by atoms with Crippen molar-refractivity contribution in [2.75, 3.05) is 39.3 Å². The molecule has 11 heteroatoms. The van der Waals surface area contributed by atoms with Gasteiger partial charge in [0.05, 0.1) is 10.5 Å². The second kappa shape index (κ2) is 11.6. The first-order valence-electron chi connectivity index (χ1n) is 13.1. The highest BCUT2D eigenvalue weighted by Gasteiger charge is 2.26. The Morgan fingerprint density at radius 3 is 2.56 bits per heavy atom. The number of aliphatic hydroxyl groups excluding tert-OH is 1. The summed E-state index contributed by atoms with van der Waals surface area (Å²) in [6.07, 6.45) is 3.66. The van der Waals surface area contributed by atoms with Crippen LogP contribution in [0.1, 0.15) is 41.2 Å². The van der Waals surface area contributed by atoms with Crippen molar-refractivity contribution in [3.05, 3.63) is 74.5 Å². The van der Waals surface area contributed by atoms with Crippen LogP contribution in [-0.2, 0) is 0 Å². The van der Waals surface area contributed by atoms with Crippen molar-refractivity contribution < 1.29 is 23.4 Å². The van der Waals surface area contributed by atoms with Crippen LogP contribution in [0.5, 0.6) is 5.75 Å². The number of halogens is 3. The molecule has 2 fully saturated rings. The Labute approximate surface area is 229 Å². The molecule has 2 aliphatic rings. The van der Waals surface area contributed by atoms with E-state index >= 15 is 0 Å². The number of aryl methyl sites for hydroxylation is 1. The van der Waals surface area contributed by atoms with E-state index in [0.29, 0.717) is 49.6 Å². The lowest BCUT2D eigenvalue weighted by Gasteiger charge is -2.35. The first-order chi connectivity index (χ1) is 18.7. The third-order valence-corrected chi connectivity index (χ3v) is 7.76. The Morgan fingerprint density at radius 1 is 1.15 bits per heavy atom. The molecule has 0 radical (unpaired) electrons. The summed E-state index contributed by atoms with van der Waals surface area (Å²) in [5.41, 5.74) is 3.28. The number of nitrogens with zero attached hydrogens (tertiary/aromatic N) is 3. The number of benzene rings is 2. The first-order valence-corrected chi connectivity index (χ1v) is 13.5. The minimum atomic E-state index is -0.771. The van der Waals surface area contributed by atoms with E-state index in [0.717, 1.165) is 25.3 Å². The Hall–Kier alpha value is -3.05. The summed E-state index contributed by atoms with van der Waals surface area (Å²) in [5.74, 6) is -1.24. The smallest absolute Gasteiger partial charge is 0.271 e. The van der Waals surface area contributed by atoms with Crippen LogP contribution >= 0.6 is 11.6 Å². The highest BCUT2D eigenvalue weighted by atomic mass is 35.5. The number of pyridine rings is 1. The molecular weight excluding hydrogens is 530 g/mol. The number of carbonyl (C=O) groups is 1. The number of piperazine rings is 1. The molecule has 1 unspecified atom stereocenters. The van der Waals surface area contributed by atoms with Gasteiger partial charge in [0.1, 0.15) is 35.7 Å². The molecule has 3 aromatic rings. The molecule has 8 nitrogen and oxygen atoms in total. The van der Waals surface area contributed by atoms with Gasteiger partial charge in [-0.25, -0.2) is 13.8 Å². The molecule has 0 spiro atoms. The molecule has 5 rings (SSSR count). The number of aromatic nitrogens is 1. The molecule has 1 aliphatic heterocycles. The molecule has 1 saturated carbocycles. The molecule has 1 saturated heterocycles. The number of nitrogens with one attached hydrogen (secondary N) is 1. The maximum atomic E-state index is 14.2. The summed E-state index contributed by atoms with van der Waals surface area (Å²) in [7, 11) is 0. The molecule has 0 bridgehead atoms. The van der Waals surface area contributed by atoms with Gasteiger partial charge in [0.15, 0.2) is 0 Å². The van der Waals surface area contributed by atoms with Gasteiger partial charge in [-0.1, -0.05) is 17.7 Å². The normalized spacial score (nSPS) is 17.7. The van der Waals surface area contributed by atoms with Gasteiger partial charge in [-0.2, -0.15) is 0 Å². The second-order valence-electron chi connectivity index (χ2n) is 10.3. The average molecular weight is 561 g/mol. The lowest BCUT2D eigenvalue weighted by Crippen LogP contribution is -2.55. The standard InChI is InChI=1S/C28H31ClF2N4O4/c1-17-5-6-20(11-24(17)30)39-16-19(36)14-33-7-9-34(10-8-33)32-28(38)22-15-35(18-3-2-4-18)26-13-23(29)25(31)12-21(26)27(22)37/h5-6,11-13,15,18-19,36H,2-4,7-10,14,16H2,1H3,(H,32,38). The monoisotopic (exact) mass is 560 g/mol. The van der Waals surface area contributed by atoms with Gasteiger partial charge >= 0.3 is 0 Å². The quantitative estimate of drug-likeness (QED) is 0.437. The van der Waals surface area contributed by atoms with E-state index in [2.05, 4.69) is 5.43 Å². The van der Waals surface area contributed by atoms with Gasteiger partial charge in [0.25, 0.3) is 5.91 Å². The van der Waals surface area contributed by atoms with Gasteiger partial charge < -0.3 is 14.4 Å². The van der Waals surface area contributed by atoms with E-state index in [-0.39, 0.29) is 34.4 Å². The van der Waals surface area contributed by atoms with Crippen molar-refractivity contribution in [3.63, 3.8) is 0 Å². The number of amides is 1. The fourth-order valence-corrected chi connectivity index (χ4v) is 5.08. The van der Waals surface area contributed by atoms with Crippen LogP contribution < -0.4 is 15.6 Å². The van der Waals surface area contributed by atoms with Crippen LogP contribution in [0.15, 0.2) is 41.3 Å². The Morgan fingerprint density at radius 2 is 1.90 bits per heavy atom. The molecule has 2 aromatic carbocycles. The lowest BCUT2D eigenvalue weighted by molar-refractivity contribution is 0.0316. The molecule has 1 aromatic heterocycles. The third-order valence-electron chi connectivity index (χ3n) is 7.47. The Balaban J connectivity index is 1.18. The van der Waals surface area contributed by atoms with E-state index in [4.69, 9.17) is 16.3 Å². The van der Waals surface area contributed by atoms with Crippen LogP contribution in [0, 0.1) is 18.6 Å². The number of hydrogen-bond donors (Lipinski definition) is 2. The van der Waals surface area contributed by atoms with E-state index < -0.39 is 23.3 Å². The van der Waals surface area contributed by atoms with Crippen LogP contribution in [0.25, 0.3) is 10.9 Å². The largest absolute Gasteiger partial charge is 0.491 e. The number of β-amino-alcohol motifs (C(OH)–C–C–N with tert-alkyl or cyclic N) is 1. The van der Waals surface area contributed by atoms with Crippen LogP contribution in [-0.4, -0.2) is 70.9 Å². The molecular formula is C28H31ClF2N4O4. The minimum absolute atomic E-state index is 0.0283. The minimum Gasteiger partial charge on any atom is -0.491 e. The summed E-state index contributed by atoms with van der Waals surface area (Å²) in [4.78, 5) is 28.3. The average Bonchev–Trinajstić information content (AvgIpc) is 2.87. The molecule has 1 atom stereocenters. The molecule has 208 valence electrons. The highest BCUT2D eigenvalue weighted by molar-refractivity contribution is 6.31. The van der Waals surface area contributed by atoms with Crippen molar-refractivity contribution in [1.29, 1.82) is 0 Å². The zero-order valence-corrected chi connectivity index (χ0v) is 22.4. The number of hydrazine groups is 1. The number of aliphatic hydroxyl groups is 1. The maximum absolute atomic E-state index is 14.2. The zero-order chi connectivity index (χ0) is 27.7. The van der Waals surface area contributed by atoms with E-state index in [1.54, 1.807) is 30.3 Å². The lowest BCUT2D eigenvalue weighted by atomic mass is 9.92. The van der Waals surface area contributed by atoms with Gasteiger partial charge in [-0.3, -0.25) is 19.9 Å². The summed E-state index contributed by atoms with van der Waals surface area (Å²) in [6.45, 7) is 4.17. The van der Waals surface area contributed by atoms with Crippen molar-refractivity contribution in [1.82, 2.24) is 19.9 Å². The number of fused-ring (bicyclic) bond motifs is 1. The van der Waals surface area contributed by atoms with E-state index in [9.17, 15) is 23.5 Å². The van der Waals surface area contributed by atoms with Gasteiger partial charge in [-0.15, -0.1) is 0 Å². The summed E-state index contributed by atoms with van der Waals surface area (Å²) < 4.78 is 35.3. The van der Waals surface area contributed by atoms with Crippen molar-refractivity contribution >= 4 is 28.4 Å². The van der Waals surface area contributed by atoms with Crippen LogP contribution in [0.4, 0.5) is 8.78 Å².